The Bertz CT molecular complexity index is 1460. The van der Waals surface area contributed by atoms with Crippen molar-refractivity contribution in [1.82, 2.24) is 14.7 Å². The van der Waals surface area contributed by atoms with Crippen LogP contribution in [0.1, 0.15) is 39.3 Å². The summed E-state index contributed by atoms with van der Waals surface area (Å²) in [4.78, 5) is 12.7. The molecule has 1 aromatic carbocycles. The lowest BCUT2D eigenvalue weighted by Crippen LogP contribution is -2.41. The van der Waals surface area contributed by atoms with Gasteiger partial charge in [0.05, 0.1) is 30.1 Å². The number of nitriles is 1. The van der Waals surface area contributed by atoms with Crippen LogP contribution < -0.4 is 15.3 Å². The summed E-state index contributed by atoms with van der Waals surface area (Å²) in [5.74, 6) is -0.263. The van der Waals surface area contributed by atoms with Crippen molar-refractivity contribution < 1.29 is 38.1 Å². The highest BCUT2D eigenvalue weighted by atomic mass is 31.2. The van der Waals surface area contributed by atoms with E-state index in [1.807, 2.05) is 19.9 Å². The van der Waals surface area contributed by atoms with Gasteiger partial charge in [-0.15, -0.1) is 0 Å². The number of aliphatic hydroxyl groups excluding tert-OH is 2. The number of para-hydroxylation sites is 1. The molecule has 226 valence electrons. The van der Waals surface area contributed by atoms with E-state index < -0.39 is 50.3 Å². The average Bonchev–Trinajstić information content (AvgIpc) is 3.53. The number of aliphatic hydroxyl groups is 2. The van der Waals surface area contributed by atoms with Crippen molar-refractivity contribution in [3.8, 4) is 11.8 Å². The fourth-order valence-electron chi connectivity index (χ4n) is 4.66. The van der Waals surface area contributed by atoms with Crippen molar-refractivity contribution in [3.63, 3.8) is 0 Å². The standard InChI is InChI=1S/C28H36N5O8P/c1-4-19(5-2)15-38-27(36)18(3)32-42(37,41-20-9-7-6-8-10-20)39-16-23-25(34)26(35)28(17-29,40-23)24-12-11-22-21(30)13-14-31-33(22)24/h6-14,18-19,23,25-26,34-35H,4-5,15-16,30H2,1-3H3,(H,32,37)/t18-,23+,25+,26+,28-,42-/m0/s1. The van der Waals surface area contributed by atoms with Gasteiger partial charge >= 0.3 is 13.7 Å². The first-order valence-electron chi connectivity index (χ1n) is 13.7. The van der Waals surface area contributed by atoms with Crippen LogP contribution in [0.25, 0.3) is 5.52 Å². The summed E-state index contributed by atoms with van der Waals surface area (Å²) in [6.45, 7) is 5.10. The Morgan fingerprint density at radius 3 is 2.62 bits per heavy atom. The second-order valence-electron chi connectivity index (χ2n) is 10.1. The van der Waals surface area contributed by atoms with Gasteiger partial charge in [-0.25, -0.2) is 9.08 Å². The number of fused-ring (bicyclic) bond motifs is 1. The number of hydrogen-bond donors (Lipinski definition) is 4. The van der Waals surface area contributed by atoms with Gasteiger partial charge < -0.3 is 29.9 Å². The second-order valence-corrected chi connectivity index (χ2v) is 11.8. The van der Waals surface area contributed by atoms with Crippen molar-refractivity contribution in [3.05, 3.63) is 60.4 Å². The maximum Gasteiger partial charge on any atom is 0.459 e. The van der Waals surface area contributed by atoms with Crippen LogP contribution >= 0.6 is 7.75 Å². The smallest absolute Gasteiger partial charge is 0.459 e. The molecule has 3 aromatic rings. The maximum atomic E-state index is 13.9. The minimum Gasteiger partial charge on any atom is -0.464 e. The van der Waals surface area contributed by atoms with E-state index in [0.29, 0.717) is 11.2 Å². The average molecular weight is 602 g/mol. The molecule has 42 heavy (non-hydrogen) atoms. The fraction of sp³-hybridized carbons (Fsp3) is 0.464. The number of nitrogens with two attached hydrogens (primary N) is 1. The number of nitrogens with zero attached hydrogens (tertiary/aromatic N) is 3. The van der Waals surface area contributed by atoms with Crippen LogP contribution in [0.4, 0.5) is 5.69 Å². The SMILES string of the molecule is CCC(CC)COC(=O)[C@H](C)N[P@](=O)(OC[C@H]1O[C@@](C#N)(c2ccc3c(N)ccnn23)[C@H](O)[C@@H]1O)Oc1ccccc1. The molecule has 0 aliphatic carbocycles. The third kappa shape index (κ3) is 6.44. The van der Waals surface area contributed by atoms with E-state index in [0.717, 1.165) is 12.8 Å². The topological polar surface area (TPSA) is 191 Å². The first-order valence-corrected chi connectivity index (χ1v) is 15.2. The molecule has 2 aromatic heterocycles. The molecule has 1 aliphatic heterocycles. The van der Waals surface area contributed by atoms with Gasteiger partial charge in [0.1, 0.15) is 36.2 Å². The van der Waals surface area contributed by atoms with Crippen LogP contribution in [-0.4, -0.2) is 63.4 Å². The van der Waals surface area contributed by atoms with Gasteiger partial charge in [-0.2, -0.15) is 15.4 Å². The van der Waals surface area contributed by atoms with Crippen LogP contribution in [0.5, 0.6) is 5.75 Å². The highest BCUT2D eigenvalue weighted by Crippen LogP contribution is 2.47. The number of anilines is 1. The lowest BCUT2D eigenvalue weighted by molar-refractivity contribution is -0.146. The molecule has 1 fully saturated rings. The number of rotatable bonds is 13. The molecular formula is C28H36N5O8P. The van der Waals surface area contributed by atoms with E-state index in [9.17, 15) is 24.8 Å². The number of hydrogen-bond acceptors (Lipinski definition) is 11. The molecule has 0 saturated carbocycles. The van der Waals surface area contributed by atoms with Crippen LogP contribution in [0.15, 0.2) is 54.7 Å². The molecule has 1 aliphatic rings. The molecular weight excluding hydrogens is 565 g/mol. The molecule has 13 nitrogen and oxygen atoms in total. The molecule has 14 heteroatoms. The third-order valence-corrected chi connectivity index (χ3v) is 8.93. The lowest BCUT2D eigenvalue weighted by Gasteiger charge is -2.25. The van der Waals surface area contributed by atoms with E-state index in [4.69, 9.17) is 24.3 Å². The van der Waals surface area contributed by atoms with Crippen LogP contribution in [0, 0.1) is 17.2 Å². The normalized spacial score (nSPS) is 24.3. The Morgan fingerprint density at radius 2 is 1.95 bits per heavy atom. The number of esters is 1. The Kier molecular flexibility index (Phi) is 9.89. The maximum absolute atomic E-state index is 13.9. The summed E-state index contributed by atoms with van der Waals surface area (Å²) in [5.41, 5.74) is 4.95. The minimum absolute atomic E-state index is 0.136. The van der Waals surface area contributed by atoms with Gasteiger partial charge in [0.15, 0.2) is 0 Å². The number of ether oxygens (including phenoxy) is 2. The molecule has 3 heterocycles. The molecule has 0 radical (unpaired) electrons. The number of benzene rings is 1. The predicted octanol–water partition coefficient (Wildman–Crippen LogP) is 2.92. The molecule has 0 unspecified atom stereocenters. The Hall–Kier alpha value is -3.50. The van der Waals surface area contributed by atoms with Gasteiger partial charge in [0.2, 0.25) is 5.60 Å². The Morgan fingerprint density at radius 1 is 1.24 bits per heavy atom. The Balaban J connectivity index is 1.53. The number of nitrogen functional groups attached to an aromatic ring is 1. The van der Waals surface area contributed by atoms with Crippen LogP contribution in [-0.2, 0) is 29.0 Å². The molecule has 1 saturated heterocycles. The van der Waals surface area contributed by atoms with E-state index in [1.165, 1.54) is 23.7 Å². The van der Waals surface area contributed by atoms with Gasteiger partial charge in [0.25, 0.3) is 0 Å². The zero-order chi connectivity index (χ0) is 30.5. The number of carbonyl (C=O) groups is 1. The second kappa shape index (κ2) is 13.2. The first-order chi connectivity index (χ1) is 20.1. The quantitative estimate of drug-likeness (QED) is 0.166. The molecule has 5 N–H and O–H groups in total. The van der Waals surface area contributed by atoms with E-state index in [1.54, 1.807) is 42.5 Å². The fourth-order valence-corrected chi connectivity index (χ4v) is 6.16. The monoisotopic (exact) mass is 601 g/mol. The molecule has 6 atom stereocenters. The largest absolute Gasteiger partial charge is 0.464 e. The summed E-state index contributed by atoms with van der Waals surface area (Å²) in [6.07, 6.45) is -1.56. The van der Waals surface area contributed by atoms with Crippen LogP contribution in [0.3, 0.4) is 0 Å². The Labute approximate surface area is 243 Å². The highest BCUT2D eigenvalue weighted by Gasteiger charge is 2.58. The van der Waals surface area contributed by atoms with Gasteiger partial charge in [-0.1, -0.05) is 44.9 Å². The third-order valence-electron chi connectivity index (χ3n) is 7.29. The van der Waals surface area contributed by atoms with E-state index in [-0.39, 0.29) is 24.0 Å². The van der Waals surface area contributed by atoms with E-state index in [2.05, 4.69) is 10.2 Å². The number of aromatic nitrogens is 2. The predicted molar refractivity (Wildman–Crippen MR) is 152 cm³/mol. The van der Waals surface area contributed by atoms with Crippen LogP contribution in [0.2, 0.25) is 0 Å². The number of carbonyl (C=O) groups excluding carboxylic acids is 1. The lowest BCUT2D eigenvalue weighted by atomic mass is 9.92. The summed E-state index contributed by atoms with van der Waals surface area (Å²) >= 11 is 0. The summed E-state index contributed by atoms with van der Waals surface area (Å²) < 4.78 is 37.9. The van der Waals surface area contributed by atoms with Crippen molar-refractivity contribution >= 4 is 24.9 Å². The number of nitrogens with one attached hydrogen (secondary N) is 1. The summed E-state index contributed by atoms with van der Waals surface area (Å²) in [5, 5.41) is 38.8. The van der Waals surface area contributed by atoms with Gasteiger partial charge in [-0.05, 0) is 43.2 Å². The first kappa shape index (κ1) is 31.4. The minimum atomic E-state index is -4.31. The van der Waals surface area contributed by atoms with Gasteiger partial charge in [-0.3, -0.25) is 9.32 Å². The van der Waals surface area contributed by atoms with Crippen molar-refractivity contribution in [2.45, 2.75) is 63.6 Å². The highest BCUT2D eigenvalue weighted by molar-refractivity contribution is 7.52. The summed E-state index contributed by atoms with van der Waals surface area (Å²) in [6, 6.07) is 13.7. The molecule has 4 rings (SSSR count). The zero-order valence-electron chi connectivity index (χ0n) is 23.6. The van der Waals surface area contributed by atoms with Crippen molar-refractivity contribution in [1.29, 1.82) is 5.26 Å². The zero-order valence-corrected chi connectivity index (χ0v) is 24.5. The van der Waals surface area contributed by atoms with E-state index >= 15 is 0 Å². The molecule has 0 amide bonds. The summed E-state index contributed by atoms with van der Waals surface area (Å²) in [7, 11) is -4.31. The van der Waals surface area contributed by atoms with Gasteiger partial charge in [0, 0.05) is 6.20 Å². The molecule has 0 spiro atoms. The van der Waals surface area contributed by atoms with Crippen molar-refractivity contribution in [2.75, 3.05) is 18.9 Å². The molecule has 0 bridgehead atoms. The van der Waals surface area contributed by atoms with Crippen molar-refractivity contribution in [2.24, 2.45) is 5.92 Å².